The lowest BCUT2D eigenvalue weighted by Gasteiger charge is -2.27. The molecule has 0 unspecified atom stereocenters. The molecule has 1 saturated carbocycles. The number of amides is 2. The van der Waals surface area contributed by atoms with E-state index in [1.54, 1.807) is 7.11 Å². The van der Waals surface area contributed by atoms with Crippen LogP contribution in [0.3, 0.4) is 0 Å². The van der Waals surface area contributed by atoms with E-state index in [2.05, 4.69) is 17.6 Å². The van der Waals surface area contributed by atoms with Gasteiger partial charge in [-0.15, -0.1) is 0 Å². The molecule has 0 radical (unpaired) electrons. The second-order valence-electron chi connectivity index (χ2n) is 5.42. The van der Waals surface area contributed by atoms with Gasteiger partial charge in [0.05, 0.1) is 18.8 Å². The van der Waals surface area contributed by atoms with E-state index in [4.69, 9.17) is 4.74 Å². The van der Waals surface area contributed by atoms with Crippen molar-refractivity contribution in [3.8, 4) is 0 Å². The molecule has 1 atom stereocenters. The maximum Gasteiger partial charge on any atom is 0.315 e. The van der Waals surface area contributed by atoms with Crippen molar-refractivity contribution < 1.29 is 14.6 Å². The van der Waals surface area contributed by atoms with E-state index in [0.29, 0.717) is 6.61 Å². The summed E-state index contributed by atoms with van der Waals surface area (Å²) in [5, 5.41) is 15.4. The number of rotatable bonds is 7. The second kappa shape index (κ2) is 9.15. The lowest BCUT2D eigenvalue weighted by atomic mass is 9.93. The van der Waals surface area contributed by atoms with E-state index < -0.39 is 0 Å². The Hall–Kier alpha value is -0.810. The summed E-state index contributed by atoms with van der Waals surface area (Å²) >= 11 is 0. The topological polar surface area (TPSA) is 70.6 Å². The van der Waals surface area contributed by atoms with Gasteiger partial charge in [0.2, 0.25) is 0 Å². The van der Waals surface area contributed by atoms with Crippen LogP contribution in [0.15, 0.2) is 0 Å². The number of nitrogens with one attached hydrogen (secondary N) is 2. The van der Waals surface area contributed by atoms with Crippen LogP contribution in [-0.4, -0.2) is 43.0 Å². The molecule has 1 rings (SSSR count). The third kappa shape index (κ3) is 6.78. The summed E-state index contributed by atoms with van der Waals surface area (Å²) in [6.07, 6.45) is 6.24. The summed E-state index contributed by atoms with van der Waals surface area (Å²) in [4.78, 5) is 11.9. The molecule has 19 heavy (non-hydrogen) atoms. The molecule has 0 bridgehead atoms. The Morgan fingerprint density at radius 1 is 1.37 bits per heavy atom. The van der Waals surface area contributed by atoms with Crippen LogP contribution < -0.4 is 10.6 Å². The summed E-state index contributed by atoms with van der Waals surface area (Å²) in [6, 6.07) is 0.163. The predicted molar refractivity (Wildman–Crippen MR) is 75.1 cm³/mol. The van der Waals surface area contributed by atoms with Crippen LogP contribution in [0.2, 0.25) is 0 Å². The zero-order valence-corrected chi connectivity index (χ0v) is 12.2. The van der Waals surface area contributed by atoms with Gasteiger partial charge in [0, 0.05) is 13.2 Å². The van der Waals surface area contributed by atoms with Crippen LogP contribution in [0.4, 0.5) is 4.79 Å². The van der Waals surface area contributed by atoms with Crippen LogP contribution in [0.1, 0.15) is 51.9 Å². The fourth-order valence-corrected chi connectivity index (χ4v) is 2.48. The van der Waals surface area contributed by atoms with Gasteiger partial charge in [-0.1, -0.05) is 19.8 Å². The van der Waals surface area contributed by atoms with Gasteiger partial charge in [-0.05, 0) is 32.1 Å². The molecular weight excluding hydrogens is 244 g/mol. The number of methoxy groups -OCH3 is 1. The quantitative estimate of drug-likeness (QED) is 0.662. The first-order valence-electron chi connectivity index (χ1n) is 7.39. The normalized spacial score (nSPS) is 24.8. The summed E-state index contributed by atoms with van der Waals surface area (Å²) in [7, 11) is 1.65. The molecular formula is C14H28N2O3. The number of hydrogen-bond acceptors (Lipinski definition) is 3. The molecule has 0 aliphatic heterocycles. The van der Waals surface area contributed by atoms with Gasteiger partial charge in [0.15, 0.2) is 0 Å². The monoisotopic (exact) mass is 272 g/mol. The van der Waals surface area contributed by atoms with E-state index >= 15 is 0 Å². The largest absolute Gasteiger partial charge is 0.393 e. The Morgan fingerprint density at radius 2 is 2.05 bits per heavy atom. The Bertz CT molecular complexity index is 253. The Labute approximate surface area is 116 Å². The average molecular weight is 272 g/mol. The first kappa shape index (κ1) is 16.2. The van der Waals surface area contributed by atoms with E-state index in [0.717, 1.165) is 44.9 Å². The molecule has 3 N–H and O–H groups in total. The van der Waals surface area contributed by atoms with Crippen LogP contribution in [0.5, 0.6) is 0 Å². The fraction of sp³-hybridized carbons (Fsp3) is 0.929. The highest BCUT2D eigenvalue weighted by atomic mass is 16.5. The molecule has 0 heterocycles. The summed E-state index contributed by atoms with van der Waals surface area (Å²) in [6.45, 7) is 2.69. The number of hydrogen-bond donors (Lipinski definition) is 3. The van der Waals surface area contributed by atoms with Crippen molar-refractivity contribution in [1.82, 2.24) is 10.6 Å². The maximum absolute atomic E-state index is 11.9. The predicted octanol–water partition coefficient (Wildman–Crippen LogP) is 1.79. The number of unbranched alkanes of at least 4 members (excludes halogenated alkanes) is 1. The van der Waals surface area contributed by atoms with Gasteiger partial charge in [0.25, 0.3) is 0 Å². The zero-order valence-electron chi connectivity index (χ0n) is 12.2. The fourth-order valence-electron chi connectivity index (χ4n) is 2.48. The number of ether oxygens (including phenoxy) is 1. The van der Waals surface area contributed by atoms with Gasteiger partial charge in [0.1, 0.15) is 0 Å². The minimum Gasteiger partial charge on any atom is -0.393 e. The lowest BCUT2D eigenvalue weighted by molar-refractivity contribution is 0.116. The Morgan fingerprint density at radius 3 is 2.63 bits per heavy atom. The average Bonchev–Trinajstić information content (AvgIpc) is 2.39. The minimum atomic E-state index is -0.188. The van der Waals surface area contributed by atoms with Crippen molar-refractivity contribution >= 4 is 6.03 Å². The molecule has 0 aromatic rings. The first-order valence-corrected chi connectivity index (χ1v) is 7.39. The Kier molecular flexibility index (Phi) is 7.82. The number of aliphatic hydroxyl groups excluding tert-OH is 1. The summed E-state index contributed by atoms with van der Waals surface area (Å²) in [5.41, 5.74) is 0. The third-order valence-electron chi connectivity index (χ3n) is 3.64. The molecule has 5 nitrogen and oxygen atoms in total. The van der Waals surface area contributed by atoms with Gasteiger partial charge >= 0.3 is 6.03 Å². The Balaban J connectivity index is 2.27. The van der Waals surface area contributed by atoms with E-state index in [1.165, 1.54) is 0 Å². The summed E-state index contributed by atoms with van der Waals surface area (Å²) < 4.78 is 5.13. The van der Waals surface area contributed by atoms with Crippen LogP contribution in [-0.2, 0) is 4.74 Å². The first-order chi connectivity index (χ1) is 9.15. The smallest absolute Gasteiger partial charge is 0.315 e. The summed E-state index contributed by atoms with van der Waals surface area (Å²) in [5.74, 6) is 0. The molecule has 0 aromatic carbocycles. The van der Waals surface area contributed by atoms with Crippen molar-refractivity contribution in [2.45, 2.75) is 70.1 Å². The van der Waals surface area contributed by atoms with Crippen molar-refractivity contribution in [3.63, 3.8) is 0 Å². The zero-order chi connectivity index (χ0) is 14.1. The SMILES string of the molecule is CCCC[C@@H](COC)NC(=O)NC1CCC(O)CC1. The molecule has 112 valence electrons. The number of carbonyl (C=O) groups is 1. The lowest BCUT2D eigenvalue weighted by Crippen LogP contribution is -2.48. The molecule has 0 saturated heterocycles. The minimum absolute atomic E-state index is 0.0825. The van der Waals surface area contributed by atoms with Crippen molar-refractivity contribution in [2.75, 3.05) is 13.7 Å². The second-order valence-corrected chi connectivity index (χ2v) is 5.42. The van der Waals surface area contributed by atoms with Crippen LogP contribution in [0, 0.1) is 0 Å². The molecule has 1 fully saturated rings. The highest BCUT2D eigenvalue weighted by molar-refractivity contribution is 5.74. The van der Waals surface area contributed by atoms with Crippen molar-refractivity contribution in [1.29, 1.82) is 0 Å². The molecule has 1 aliphatic rings. The van der Waals surface area contributed by atoms with Gasteiger partial charge in [-0.3, -0.25) is 0 Å². The van der Waals surface area contributed by atoms with Gasteiger partial charge in [-0.25, -0.2) is 4.79 Å². The third-order valence-corrected chi connectivity index (χ3v) is 3.64. The highest BCUT2D eigenvalue weighted by Crippen LogP contribution is 2.18. The maximum atomic E-state index is 11.9. The standard InChI is InChI=1S/C14H28N2O3/c1-3-4-5-12(10-19-2)16-14(18)15-11-6-8-13(17)9-7-11/h11-13,17H,3-10H2,1-2H3,(H2,15,16,18)/t11?,12-,13?/m0/s1. The van der Waals surface area contributed by atoms with E-state index in [-0.39, 0.29) is 24.2 Å². The molecule has 1 aliphatic carbocycles. The van der Waals surface area contributed by atoms with E-state index in [1.807, 2.05) is 0 Å². The molecule has 2 amide bonds. The number of aliphatic hydroxyl groups is 1. The number of carbonyl (C=O) groups excluding carboxylic acids is 1. The highest BCUT2D eigenvalue weighted by Gasteiger charge is 2.21. The van der Waals surface area contributed by atoms with Gasteiger partial charge in [-0.2, -0.15) is 0 Å². The van der Waals surface area contributed by atoms with Crippen LogP contribution >= 0.6 is 0 Å². The molecule has 0 spiro atoms. The van der Waals surface area contributed by atoms with Crippen molar-refractivity contribution in [3.05, 3.63) is 0 Å². The molecule has 5 heteroatoms. The van der Waals surface area contributed by atoms with E-state index in [9.17, 15) is 9.90 Å². The van der Waals surface area contributed by atoms with Gasteiger partial charge < -0.3 is 20.5 Å². The number of urea groups is 1. The van der Waals surface area contributed by atoms with Crippen LogP contribution in [0.25, 0.3) is 0 Å². The van der Waals surface area contributed by atoms with Crippen molar-refractivity contribution in [2.24, 2.45) is 0 Å². The molecule has 0 aromatic heterocycles.